The van der Waals surface area contributed by atoms with E-state index in [9.17, 15) is 14.7 Å². The highest BCUT2D eigenvalue weighted by molar-refractivity contribution is 4.81. The Kier molecular flexibility index (Phi) is 5.04. The Hall–Kier alpha value is -1.48. The second-order valence-electron chi connectivity index (χ2n) is 3.35. The predicted octanol–water partition coefficient (Wildman–Crippen LogP) is -2.78. The van der Waals surface area contributed by atoms with Gasteiger partial charge in [0.15, 0.2) is 0 Å². The molecule has 0 aliphatic rings. The number of hydrogen-bond acceptors (Lipinski definition) is 6. The normalized spacial score (nSPS) is 14.5. The number of H-pyrrole nitrogens is 1. The molecule has 1 aromatic heterocycles. The molecule has 0 spiro atoms. The fraction of sp³-hybridized carbons (Fsp3) is 0.556. The second-order valence-corrected chi connectivity index (χ2v) is 3.35. The lowest BCUT2D eigenvalue weighted by Gasteiger charge is -2.19. The monoisotopic (exact) mass is 246 g/mol. The van der Waals surface area contributed by atoms with Gasteiger partial charge < -0.3 is 20.1 Å². The van der Waals surface area contributed by atoms with E-state index in [4.69, 9.17) is 14.9 Å². The fourth-order valence-electron chi connectivity index (χ4n) is 1.12. The third-order valence-corrected chi connectivity index (χ3v) is 2.12. The van der Waals surface area contributed by atoms with Gasteiger partial charge in [0.2, 0.25) is 0 Å². The first kappa shape index (κ1) is 13.6. The first-order valence-electron chi connectivity index (χ1n) is 4.89. The molecule has 4 N–H and O–H groups in total. The van der Waals surface area contributed by atoms with E-state index in [1.165, 1.54) is 6.20 Å². The Morgan fingerprint density at radius 1 is 1.35 bits per heavy atom. The molecule has 8 heteroatoms. The number of aliphatic hydroxyl groups is 3. The van der Waals surface area contributed by atoms with Gasteiger partial charge in [-0.1, -0.05) is 0 Å². The molecule has 0 aliphatic carbocycles. The molecular weight excluding hydrogens is 232 g/mol. The SMILES string of the molecule is O=c1ccn(COC(CO)C(O)CO)c(=O)[nH]1. The van der Waals surface area contributed by atoms with Crippen molar-refractivity contribution in [2.24, 2.45) is 0 Å². The van der Waals surface area contributed by atoms with Crippen molar-refractivity contribution in [3.8, 4) is 0 Å². The topological polar surface area (TPSA) is 125 Å². The minimum atomic E-state index is -1.24. The molecule has 8 nitrogen and oxygen atoms in total. The van der Waals surface area contributed by atoms with Gasteiger partial charge in [-0.25, -0.2) is 4.79 Å². The summed E-state index contributed by atoms with van der Waals surface area (Å²) in [5.41, 5.74) is -1.19. The largest absolute Gasteiger partial charge is 0.394 e. The minimum absolute atomic E-state index is 0.252. The van der Waals surface area contributed by atoms with Crippen LogP contribution in [0, 0.1) is 0 Å². The maximum absolute atomic E-state index is 11.2. The summed E-state index contributed by atoms with van der Waals surface area (Å²) in [5.74, 6) is 0. The summed E-state index contributed by atoms with van der Waals surface area (Å²) < 4.78 is 6.08. The molecular formula is C9H14N2O6. The molecule has 1 aromatic rings. The van der Waals surface area contributed by atoms with Gasteiger partial charge in [-0.05, 0) is 0 Å². The highest BCUT2D eigenvalue weighted by Crippen LogP contribution is 1.99. The van der Waals surface area contributed by atoms with Crippen LogP contribution < -0.4 is 11.2 Å². The Labute approximate surface area is 95.7 Å². The zero-order valence-corrected chi connectivity index (χ0v) is 8.94. The third-order valence-electron chi connectivity index (χ3n) is 2.12. The van der Waals surface area contributed by atoms with Crippen LogP contribution in [-0.4, -0.2) is 50.3 Å². The molecule has 0 amide bonds. The maximum Gasteiger partial charge on any atom is 0.330 e. The standard InChI is InChI=1S/C9H14N2O6/c12-3-6(14)7(4-13)17-5-11-2-1-8(15)10-9(11)16/h1-2,6-7,12-14H,3-5H2,(H,10,15,16). The third kappa shape index (κ3) is 3.79. The van der Waals surface area contributed by atoms with E-state index in [0.717, 1.165) is 10.6 Å². The zero-order chi connectivity index (χ0) is 12.8. The lowest BCUT2D eigenvalue weighted by Crippen LogP contribution is -2.37. The van der Waals surface area contributed by atoms with Gasteiger partial charge in [0.25, 0.3) is 5.56 Å². The molecule has 2 atom stereocenters. The maximum atomic E-state index is 11.2. The Morgan fingerprint density at radius 3 is 2.59 bits per heavy atom. The molecule has 96 valence electrons. The van der Waals surface area contributed by atoms with Gasteiger partial charge in [-0.2, -0.15) is 0 Å². The number of nitrogens with one attached hydrogen (secondary N) is 1. The van der Waals surface area contributed by atoms with Crippen LogP contribution in [-0.2, 0) is 11.5 Å². The molecule has 0 aromatic carbocycles. The van der Waals surface area contributed by atoms with E-state index in [-0.39, 0.29) is 6.73 Å². The summed E-state index contributed by atoms with van der Waals surface area (Å²) >= 11 is 0. The zero-order valence-electron chi connectivity index (χ0n) is 8.94. The van der Waals surface area contributed by atoms with Crippen molar-refractivity contribution in [2.45, 2.75) is 18.9 Å². The van der Waals surface area contributed by atoms with Crippen LogP contribution in [0.5, 0.6) is 0 Å². The number of hydrogen-bond donors (Lipinski definition) is 4. The molecule has 0 fully saturated rings. The lowest BCUT2D eigenvalue weighted by atomic mass is 10.2. The molecule has 0 aliphatic heterocycles. The van der Waals surface area contributed by atoms with Crippen LogP contribution in [0.3, 0.4) is 0 Å². The van der Waals surface area contributed by atoms with Gasteiger partial charge >= 0.3 is 5.69 Å². The number of aromatic nitrogens is 2. The van der Waals surface area contributed by atoms with Crippen LogP contribution >= 0.6 is 0 Å². The Balaban J connectivity index is 2.66. The van der Waals surface area contributed by atoms with E-state index in [1.54, 1.807) is 0 Å². The number of rotatable bonds is 6. The van der Waals surface area contributed by atoms with Crippen molar-refractivity contribution in [1.82, 2.24) is 9.55 Å². The molecule has 2 unspecified atom stereocenters. The average molecular weight is 246 g/mol. The Morgan fingerprint density at radius 2 is 2.06 bits per heavy atom. The van der Waals surface area contributed by atoms with Crippen molar-refractivity contribution in [1.29, 1.82) is 0 Å². The number of ether oxygens (including phenoxy) is 1. The molecule has 0 radical (unpaired) electrons. The summed E-state index contributed by atoms with van der Waals surface area (Å²) in [7, 11) is 0. The summed E-state index contributed by atoms with van der Waals surface area (Å²) in [5, 5.41) is 26.8. The summed E-state index contributed by atoms with van der Waals surface area (Å²) in [6.45, 7) is -1.32. The summed E-state index contributed by atoms with van der Waals surface area (Å²) in [6, 6.07) is 1.14. The van der Waals surface area contributed by atoms with Gasteiger partial charge in [0.05, 0.1) is 13.2 Å². The molecule has 1 heterocycles. The van der Waals surface area contributed by atoms with Gasteiger partial charge in [0.1, 0.15) is 18.9 Å². The highest BCUT2D eigenvalue weighted by atomic mass is 16.5. The molecule has 0 saturated carbocycles. The quantitative estimate of drug-likeness (QED) is 0.430. The van der Waals surface area contributed by atoms with Gasteiger partial charge in [-0.15, -0.1) is 0 Å². The molecule has 1 rings (SSSR count). The van der Waals surface area contributed by atoms with E-state index in [2.05, 4.69) is 0 Å². The van der Waals surface area contributed by atoms with E-state index in [1.807, 2.05) is 4.98 Å². The molecule has 17 heavy (non-hydrogen) atoms. The van der Waals surface area contributed by atoms with E-state index >= 15 is 0 Å². The van der Waals surface area contributed by atoms with Gasteiger partial charge in [-0.3, -0.25) is 14.3 Å². The fourth-order valence-corrected chi connectivity index (χ4v) is 1.12. The van der Waals surface area contributed by atoms with Crippen LogP contribution in [0.2, 0.25) is 0 Å². The number of aromatic amines is 1. The Bertz CT molecular complexity index is 453. The van der Waals surface area contributed by atoms with Crippen LogP contribution in [0.4, 0.5) is 0 Å². The van der Waals surface area contributed by atoms with Crippen molar-refractivity contribution in [2.75, 3.05) is 13.2 Å². The highest BCUT2D eigenvalue weighted by Gasteiger charge is 2.18. The van der Waals surface area contributed by atoms with Crippen molar-refractivity contribution in [3.05, 3.63) is 33.1 Å². The first-order chi connectivity index (χ1) is 8.08. The average Bonchev–Trinajstić information content (AvgIpc) is 2.31. The van der Waals surface area contributed by atoms with Gasteiger partial charge in [0, 0.05) is 12.3 Å². The van der Waals surface area contributed by atoms with Crippen LogP contribution in [0.1, 0.15) is 0 Å². The van der Waals surface area contributed by atoms with E-state index in [0.29, 0.717) is 0 Å². The second kappa shape index (κ2) is 6.30. The smallest absolute Gasteiger partial charge is 0.330 e. The van der Waals surface area contributed by atoms with Crippen LogP contribution in [0.15, 0.2) is 21.9 Å². The number of nitrogens with zero attached hydrogens (tertiary/aromatic N) is 1. The minimum Gasteiger partial charge on any atom is -0.394 e. The van der Waals surface area contributed by atoms with Crippen molar-refractivity contribution in [3.63, 3.8) is 0 Å². The predicted molar refractivity (Wildman–Crippen MR) is 56.4 cm³/mol. The van der Waals surface area contributed by atoms with Crippen molar-refractivity contribution < 1.29 is 20.1 Å². The van der Waals surface area contributed by atoms with Crippen molar-refractivity contribution >= 4 is 0 Å². The first-order valence-corrected chi connectivity index (χ1v) is 4.89. The lowest BCUT2D eigenvalue weighted by molar-refractivity contribution is -0.101. The van der Waals surface area contributed by atoms with E-state index < -0.39 is 36.7 Å². The molecule has 0 bridgehead atoms. The summed E-state index contributed by atoms with van der Waals surface area (Å²) in [6.07, 6.45) is -1.02. The molecule has 0 saturated heterocycles. The summed E-state index contributed by atoms with van der Waals surface area (Å²) in [4.78, 5) is 24.0. The number of aliphatic hydroxyl groups excluding tert-OH is 3. The van der Waals surface area contributed by atoms with Crippen LogP contribution in [0.25, 0.3) is 0 Å².